The van der Waals surface area contributed by atoms with Gasteiger partial charge in [-0.25, -0.2) is 4.39 Å². The third-order valence-electron chi connectivity index (χ3n) is 3.76. The van der Waals surface area contributed by atoms with Crippen molar-refractivity contribution < 1.29 is 9.18 Å². The van der Waals surface area contributed by atoms with E-state index in [9.17, 15) is 9.18 Å². The maximum Gasteiger partial charge on any atom is 0.274 e. The maximum atomic E-state index is 13.5. The van der Waals surface area contributed by atoms with E-state index in [-0.39, 0.29) is 23.3 Å². The van der Waals surface area contributed by atoms with E-state index in [0.717, 1.165) is 24.2 Å². The van der Waals surface area contributed by atoms with E-state index in [2.05, 4.69) is 15.5 Å². The van der Waals surface area contributed by atoms with Crippen molar-refractivity contribution >= 4 is 29.9 Å². The lowest BCUT2D eigenvalue weighted by Crippen LogP contribution is -2.30. The van der Waals surface area contributed by atoms with E-state index in [0.29, 0.717) is 24.3 Å². The van der Waals surface area contributed by atoms with Crippen LogP contribution in [0.3, 0.4) is 0 Å². The van der Waals surface area contributed by atoms with Crippen LogP contribution >= 0.6 is 24.0 Å². The molecule has 23 heavy (non-hydrogen) atoms. The van der Waals surface area contributed by atoms with Crippen molar-refractivity contribution in [2.24, 2.45) is 0 Å². The Morgan fingerprint density at radius 3 is 3.00 bits per heavy atom. The van der Waals surface area contributed by atoms with Gasteiger partial charge in [-0.15, -0.1) is 12.4 Å². The van der Waals surface area contributed by atoms with Crippen LogP contribution in [0.15, 0.2) is 18.2 Å². The van der Waals surface area contributed by atoms with E-state index in [1.807, 2.05) is 0 Å². The summed E-state index contributed by atoms with van der Waals surface area (Å²) >= 11 is 5.66. The Labute approximate surface area is 144 Å². The zero-order valence-electron chi connectivity index (χ0n) is 12.5. The minimum Gasteiger partial charge on any atom is -0.336 e. The summed E-state index contributed by atoms with van der Waals surface area (Å²) in [6, 6.07) is 4.54. The van der Waals surface area contributed by atoms with Crippen LogP contribution in [0.4, 0.5) is 4.39 Å². The molecule has 0 aliphatic carbocycles. The number of hydrogen-bond acceptors (Lipinski definition) is 3. The molecule has 0 fully saturated rings. The second-order valence-electron chi connectivity index (χ2n) is 5.37. The van der Waals surface area contributed by atoms with E-state index >= 15 is 0 Å². The Kier molecular flexibility index (Phi) is 5.62. The van der Waals surface area contributed by atoms with Crippen molar-refractivity contribution in [1.29, 1.82) is 0 Å². The van der Waals surface area contributed by atoms with Gasteiger partial charge in [0.25, 0.3) is 5.91 Å². The van der Waals surface area contributed by atoms with Crippen LogP contribution in [0.1, 0.15) is 27.3 Å². The number of fused-ring (bicyclic) bond motifs is 1. The Morgan fingerprint density at radius 1 is 1.48 bits per heavy atom. The topological polar surface area (TPSA) is 61.0 Å². The molecule has 1 amide bonds. The molecule has 1 aromatic carbocycles. The average molecular weight is 359 g/mol. The summed E-state index contributed by atoms with van der Waals surface area (Å²) in [5, 5.41) is 10.4. The number of H-pyrrole nitrogens is 1. The average Bonchev–Trinajstić information content (AvgIpc) is 2.94. The van der Waals surface area contributed by atoms with Crippen molar-refractivity contribution in [3.63, 3.8) is 0 Å². The number of nitrogens with one attached hydrogen (secondary N) is 2. The van der Waals surface area contributed by atoms with E-state index in [1.165, 1.54) is 17.0 Å². The molecule has 0 saturated carbocycles. The highest BCUT2D eigenvalue weighted by Crippen LogP contribution is 2.19. The highest BCUT2D eigenvalue weighted by molar-refractivity contribution is 6.30. The first kappa shape index (κ1) is 17.7. The number of carbonyl (C=O) groups excluding carboxylic acids is 1. The monoisotopic (exact) mass is 358 g/mol. The fourth-order valence-corrected chi connectivity index (χ4v) is 2.68. The van der Waals surface area contributed by atoms with Gasteiger partial charge in [-0.2, -0.15) is 5.10 Å². The molecule has 2 aromatic rings. The first-order valence-corrected chi connectivity index (χ1v) is 7.40. The lowest BCUT2D eigenvalue weighted by molar-refractivity contribution is 0.0777. The number of aromatic nitrogens is 2. The zero-order valence-corrected chi connectivity index (χ0v) is 14.1. The Bertz CT molecular complexity index is 719. The van der Waals surface area contributed by atoms with Crippen LogP contribution in [0.5, 0.6) is 0 Å². The number of aromatic amines is 1. The van der Waals surface area contributed by atoms with Gasteiger partial charge in [0.1, 0.15) is 5.82 Å². The van der Waals surface area contributed by atoms with Crippen LogP contribution in [0.25, 0.3) is 0 Å². The van der Waals surface area contributed by atoms with Crippen LogP contribution in [0, 0.1) is 5.82 Å². The van der Waals surface area contributed by atoms with Gasteiger partial charge < -0.3 is 10.2 Å². The van der Waals surface area contributed by atoms with Crippen LogP contribution in [0.2, 0.25) is 5.02 Å². The summed E-state index contributed by atoms with van der Waals surface area (Å²) < 4.78 is 13.5. The number of carbonyl (C=O) groups is 1. The van der Waals surface area contributed by atoms with Gasteiger partial charge in [0.05, 0.1) is 5.02 Å². The van der Waals surface area contributed by atoms with Crippen molar-refractivity contribution in [2.45, 2.75) is 19.5 Å². The summed E-state index contributed by atoms with van der Waals surface area (Å²) in [5.74, 6) is -0.669. The lowest BCUT2D eigenvalue weighted by atomic mass is 10.1. The number of hydrogen-bond donors (Lipinski definition) is 2. The standard InChI is InChI=1S/C15H16ClFN4O.ClH/c1-21(8-9-2-3-11(16)12(17)6-9)15(22)14-10-7-18-5-4-13(10)19-20-14;/h2-3,6,18H,4-5,7-8H2,1H3,(H,19,20);1H. The molecule has 0 atom stereocenters. The molecule has 0 saturated heterocycles. The Morgan fingerprint density at radius 2 is 2.26 bits per heavy atom. The molecule has 0 unspecified atom stereocenters. The van der Waals surface area contributed by atoms with Gasteiger partial charge in [-0.1, -0.05) is 17.7 Å². The van der Waals surface area contributed by atoms with Gasteiger partial charge in [0.2, 0.25) is 0 Å². The zero-order chi connectivity index (χ0) is 15.7. The quantitative estimate of drug-likeness (QED) is 0.886. The summed E-state index contributed by atoms with van der Waals surface area (Å²) in [5.41, 5.74) is 3.04. The van der Waals surface area contributed by atoms with Gasteiger partial charge in [0, 0.05) is 44.4 Å². The SMILES string of the molecule is CN(Cc1ccc(Cl)c(F)c1)C(=O)c1n[nH]c2c1CNCC2.Cl. The first-order valence-electron chi connectivity index (χ1n) is 7.02. The van der Waals surface area contributed by atoms with Crippen molar-refractivity contribution in [3.05, 3.63) is 51.6 Å². The predicted molar refractivity (Wildman–Crippen MR) is 88.5 cm³/mol. The number of rotatable bonds is 3. The largest absolute Gasteiger partial charge is 0.336 e. The highest BCUT2D eigenvalue weighted by Gasteiger charge is 2.24. The first-order chi connectivity index (χ1) is 10.6. The van der Waals surface area contributed by atoms with Gasteiger partial charge in [-0.3, -0.25) is 9.89 Å². The minimum atomic E-state index is -0.485. The number of benzene rings is 1. The fourth-order valence-electron chi connectivity index (χ4n) is 2.57. The summed E-state index contributed by atoms with van der Waals surface area (Å²) in [6.07, 6.45) is 0.835. The Balaban J connectivity index is 0.00000192. The fraction of sp³-hybridized carbons (Fsp3) is 0.333. The second-order valence-corrected chi connectivity index (χ2v) is 5.77. The van der Waals surface area contributed by atoms with Gasteiger partial charge in [0.15, 0.2) is 5.69 Å². The van der Waals surface area contributed by atoms with E-state index in [4.69, 9.17) is 11.6 Å². The van der Waals surface area contributed by atoms with Crippen LogP contribution < -0.4 is 5.32 Å². The third-order valence-corrected chi connectivity index (χ3v) is 4.07. The minimum absolute atomic E-state index is 0. The van der Waals surface area contributed by atoms with Crippen LogP contribution in [-0.4, -0.2) is 34.6 Å². The lowest BCUT2D eigenvalue weighted by Gasteiger charge is -2.18. The van der Waals surface area contributed by atoms with Crippen molar-refractivity contribution in [2.75, 3.05) is 13.6 Å². The highest BCUT2D eigenvalue weighted by atomic mass is 35.5. The molecule has 1 aliphatic heterocycles. The predicted octanol–water partition coefficient (Wildman–Crippen LogP) is 2.54. The molecule has 3 rings (SSSR count). The molecule has 0 bridgehead atoms. The number of amides is 1. The molecule has 0 spiro atoms. The number of halogens is 3. The van der Waals surface area contributed by atoms with Gasteiger partial charge >= 0.3 is 0 Å². The van der Waals surface area contributed by atoms with Crippen LogP contribution in [-0.2, 0) is 19.5 Å². The summed E-state index contributed by atoms with van der Waals surface area (Å²) in [6.45, 7) is 1.81. The maximum absolute atomic E-state index is 13.5. The molecule has 1 aromatic heterocycles. The second kappa shape index (κ2) is 7.29. The molecule has 0 radical (unpaired) electrons. The van der Waals surface area contributed by atoms with E-state index < -0.39 is 5.82 Å². The van der Waals surface area contributed by atoms with Crippen molar-refractivity contribution in [3.8, 4) is 0 Å². The summed E-state index contributed by atoms with van der Waals surface area (Å²) in [4.78, 5) is 14.1. The van der Waals surface area contributed by atoms with E-state index in [1.54, 1.807) is 13.1 Å². The molecule has 124 valence electrons. The molecule has 8 heteroatoms. The third kappa shape index (κ3) is 3.65. The van der Waals surface area contributed by atoms with Gasteiger partial charge in [-0.05, 0) is 17.7 Å². The molecule has 1 aliphatic rings. The molecular formula is C15H17Cl2FN4O. The Hall–Kier alpha value is -1.63. The molecule has 2 N–H and O–H groups in total. The van der Waals surface area contributed by atoms with Crippen molar-refractivity contribution in [1.82, 2.24) is 20.4 Å². The summed E-state index contributed by atoms with van der Waals surface area (Å²) in [7, 11) is 1.67. The molecule has 5 nitrogen and oxygen atoms in total. The molecule has 2 heterocycles. The molecular weight excluding hydrogens is 342 g/mol. The normalized spacial score (nSPS) is 13.2. The smallest absolute Gasteiger partial charge is 0.274 e. The number of nitrogens with zero attached hydrogens (tertiary/aromatic N) is 2.